The number of rotatable bonds is 10. The SMILES string of the molecule is C=CC(=O)N(CCO)c1ccc(CC(CC)(Cc2ccccc2)N(C)C)cc1. The van der Waals surface area contributed by atoms with Crippen LogP contribution in [0.5, 0.6) is 0 Å². The van der Waals surface area contributed by atoms with Crippen LogP contribution in [0.25, 0.3) is 0 Å². The molecule has 0 fully saturated rings. The summed E-state index contributed by atoms with van der Waals surface area (Å²) in [5.74, 6) is -0.206. The number of benzene rings is 2. The van der Waals surface area contributed by atoms with Gasteiger partial charge in [-0.25, -0.2) is 0 Å². The highest BCUT2D eigenvalue weighted by atomic mass is 16.3. The van der Waals surface area contributed by atoms with Crippen molar-refractivity contribution in [3.05, 3.63) is 78.4 Å². The molecule has 0 aromatic heterocycles. The summed E-state index contributed by atoms with van der Waals surface area (Å²) in [7, 11) is 4.29. The molecule has 0 aliphatic carbocycles. The molecule has 0 heterocycles. The number of nitrogens with zero attached hydrogens (tertiary/aromatic N) is 2. The molecule has 0 saturated carbocycles. The first-order chi connectivity index (χ1) is 13.5. The van der Waals surface area contributed by atoms with E-state index < -0.39 is 0 Å². The van der Waals surface area contributed by atoms with Gasteiger partial charge in [-0.1, -0.05) is 56.0 Å². The van der Waals surface area contributed by atoms with Crippen LogP contribution in [-0.4, -0.2) is 48.7 Å². The van der Waals surface area contributed by atoms with Crippen LogP contribution in [0.3, 0.4) is 0 Å². The summed E-state index contributed by atoms with van der Waals surface area (Å²) < 4.78 is 0. The first-order valence-corrected chi connectivity index (χ1v) is 9.81. The highest BCUT2D eigenvalue weighted by Crippen LogP contribution is 2.28. The maximum Gasteiger partial charge on any atom is 0.250 e. The van der Waals surface area contributed by atoms with Crippen molar-refractivity contribution in [2.45, 2.75) is 31.7 Å². The molecule has 2 aromatic rings. The Labute approximate surface area is 169 Å². The zero-order valence-corrected chi connectivity index (χ0v) is 17.3. The first kappa shape index (κ1) is 21.9. The van der Waals surface area contributed by atoms with Crippen molar-refractivity contribution >= 4 is 11.6 Å². The average molecular weight is 381 g/mol. The van der Waals surface area contributed by atoms with Gasteiger partial charge >= 0.3 is 0 Å². The summed E-state index contributed by atoms with van der Waals surface area (Å²) in [6.07, 6.45) is 4.20. The fraction of sp³-hybridized carbons (Fsp3) is 0.375. The van der Waals surface area contributed by atoms with Crippen LogP contribution in [0.2, 0.25) is 0 Å². The Hall–Kier alpha value is -2.43. The van der Waals surface area contributed by atoms with E-state index in [1.807, 2.05) is 18.2 Å². The molecule has 1 N–H and O–H groups in total. The third-order valence-corrected chi connectivity index (χ3v) is 5.53. The number of likely N-dealkylation sites (N-methyl/N-ethyl adjacent to an activating group) is 1. The van der Waals surface area contributed by atoms with Crippen molar-refractivity contribution in [1.29, 1.82) is 0 Å². The molecular formula is C24H32N2O2. The Morgan fingerprint density at radius 2 is 1.61 bits per heavy atom. The lowest BCUT2D eigenvalue weighted by Crippen LogP contribution is -2.47. The molecule has 1 atom stereocenters. The summed E-state index contributed by atoms with van der Waals surface area (Å²) in [5, 5.41) is 9.25. The summed E-state index contributed by atoms with van der Waals surface area (Å²) in [6, 6.07) is 18.7. The van der Waals surface area contributed by atoms with E-state index in [4.69, 9.17) is 0 Å². The van der Waals surface area contributed by atoms with Gasteiger partial charge in [0, 0.05) is 17.8 Å². The van der Waals surface area contributed by atoms with Gasteiger partial charge in [0.15, 0.2) is 0 Å². The molecule has 0 aliphatic rings. The molecule has 28 heavy (non-hydrogen) atoms. The molecule has 0 spiro atoms. The Morgan fingerprint density at radius 3 is 2.07 bits per heavy atom. The van der Waals surface area contributed by atoms with Gasteiger partial charge in [-0.05, 0) is 62.7 Å². The molecule has 0 radical (unpaired) electrons. The maximum absolute atomic E-state index is 12.0. The lowest BCUT2D eigenvalue weighted by molar-refractivity contribution is -0.114. The van der Waals surface area contributed by atoms with Crippen LogP contribution in [-0.2, 0) is 17.6 Å². The predicted octanol–water partition coefficient (Wildman–Crippen LogP) is 3.69. The molecule has 0 aliphatic heterocycles. The maximum atomic E-state index is 12.0. The average Bonchev–Trinajstić information content (AvgIpc) is 2.72. The summed E-state index contributed by atoms with van der Waals surface area (Å²) in [4.78, 5) is 15.9. The fourth-order valence-corrected chi connectivity index (χ4v) is 3.67. The second-order valence-corrected chi connectivity index (χ2v) is 7.40. The zero-order valence-electron chi connectivity index (χ0n) is 17.3. The molecule has 1 unspecified atom stereocenters. The zero-order chi connectivity index (χ0) is 20.6. The van der Waals surface area contributed by atoms with Crippen molar-refractivity contribution in [3.8, 4) is 0 Å². The quantitative estimate of drug-likeness (QED) is 0.639. The largest absolute Gasteiger partial charge is 0.395 e. The molecule has 1 amide bonds. The summed E-state index contributed by atoms with van der Waals surface area (Å²) in [5.41, 5.74) is 3.35. The molecule has 0 saturated heterocycles. The van der Waals surface area contributed by atoms with Crippen LogP contribution < -0.4 is 4.90 Å². The van der Waals surface area contributed by atoms with E-state index in [2.05, 4.69) is 68.9 Å². The minimum atomic E-state index is -0.206. The molecule has 0 bridgehead atoms. The number of aliphatic hydroxyl groups is 1. The van der Waals surface area contributed by atoms with Crippen LogP contribution in [0.1, 0.15) is 24.5 Å². The highest BCUT2D eigenvalue weighted by molar-refractivity contribution is 6.01. The molecule has 2 rings (SSSR count). The molecule has 4 nitrogen and oxygen atoms in total. The topological polar surface area (TPSA) is 43.8 Å². The predicted molar refractivity (Wildman–Crippen MR) is 117 cm³/mol. The van der Waals surface area contributed by atoms with Gasteiger partial charge in [0.05, 0.1) is 6.61 Å². The van der Waals surface area contributed by atoms with Crippen LogP contribution in [0.15, 0.2) is 67.3 Å². The van der Waals surface area contributed by atoms with Crippen molar-refractivity contribution in [1.82, 2.24) is 4.90 Å². The highest BCUT2D eigenvalue weighted by Gasteiger charge is 2.31. The van der Waals surface area contributed by atoms with E-state index in [1.54, 1.807) is 4.90 Å². The third-order valence-electron chi connectivity index (χ3n) is 5.53. The minimum absolute atomic E-state index is 0.0184. The smallest absolute Gasteiger partial charge is 0.250 e. The monoisotopic (exact) mass is 380 g/mol. The normalized spacial score (nSPS) is 13.2. The van der Waals surface area contributed by atoms with Crippen LogP contribution in [0, 0.1) is 0 Å². The summed E-state index contributed by atoms with van der Waals surface area (Å²) >= 11 is 0. The number of hydrogen-bond acceptors (Lipinski definition) is 3. The Balaban J connectivity index is 2.25. The van der Waals surface area contributed by atoms with E-state index >= 15 is 0 Å². The second-order valence-electron chi connectivity index (χ2n) is 7.40. The number of anilines is 1. The third kappa shape index (κ3) is 5.31. The summed E-state index contributed by atoms with van der Waals surface area (Å²) in [6.45, 7) is 5.96. The first-order valence-electron chi connectivity index (χ1n) is 9.81. The van der Waals surface area contributed by atoms with Crippen LogP contribution in [0.4, 0.5) is 5.69 Å². The van der Waals surface area contributed by atoms with E-state index in [9.17, 15) is 9.90 Å². The van der Waals surface area contributed by atoms with Crippen molar-refractivity contribution in [3.63, 3.8) is 0 Å². The van der Waals surface area contributed by atoms with E-state index in [0.717, 1.165) is 24.9 Å². The molecule has 4 heteroatoms. The second kappa shape index (κ2) is 10.2. The Kier molecular flexibility index (Phi) is 7.97. The molecule has 2 aromatic carbocycles. The van der Waals surface area contributed by atoms with Gasteiger partial charge in [0.1, 0.15) is 0 Å². The Morgan fingerprint density at radius 1 is 1.04 bits per heavy atom. The Bertz CT molecular complexity index is 756. The van der Waals surface area contributed by atoms with Crippen molar-refractivity contribution in [2.24, 2.45) is 0 Å². The van der Waals surface area contributed by atoms with Gasteiger partial charge < -0.3 is 14.9 Å². The molecule has 150 valence electrons. The van der Waals surface area contributed by atoms with E-state index in [0.29, 0.717) is 0 Å². The van der Waals surface area contributed by atoms with Crippen molar-refractivity contribution in [2.75, 3.05) is 32.1 Å². The van der Waals surface area contributed by atoms with Crippen LogP contribution >= 0.6 is 0 Å². The van der Waals surface area contributed by atoms with Gasteiger partial charge in [0.2, 0.25) is 5.91 Å². The lowest BCUT2D eigenvalue weighted by atomic mass is 9.81. The van der Waals surface area contributed by atoms with E-state index in [-0.39, 0.29) is 24.6 Å². The standard InChI is InChI=1S/C24H32N2O2/c1-5-23(28)26(16-17-27)22-14-12-21(13-15-22)19-24(6-2,25(3)4)18-20-10-8-7-9-11-20/h5,7-15,27H,1,6,16-19H2,2-4H3. The van der Waals surface area contributed by atoms with Gasteiger partial charge in [-0.15, -0.1) is 0 Å². The van der Waals surface area contributed by atoms with Crippen molar-refractivity contribution < 1.29 is 9.90 Å². The fourth-order valence-electron chi connectivity index (χ4n) is 3.67. The van der Waals surface area contributed by atoms with E-state index in [1.165, 1.54) is 17.2 Å². The van der Waals surface area contributed by atoms with Gasteiger partial charge in [-0.3, -0.25) is 4.79 Å². The number of carbonyl (C=O) groups excluding carboxylic acids is 1. The van der Waals surface area contributed by atoms with Gasteiger partial charge in [0.25, 0.3) is 0 Å². The molecular weight excluding hydrogens is 348 g/mol. The minimum Gasteiger partial charge on any atom is -0.395 e. The number of carbonyl (C=O) groups is 1. The number of hydrogen-bond donors (Lipinski definition) is 1. The van der Waals surface area contributed by atoms with Gasteiger partial charge in [-0.2, -0.15) is 0 Å². The lowest BCUT2D eigenvalue weighted by Gasteiger charge is -2.40. The number of aliphatic hydroxyl groups excluding tert-OH is 1. The number of amides is 1.